The van der Waals surface area contributed by atoms with Gasteiger partial charge < -0.3 is 10.3 Å². The van der Waals surface area contributed by atoms with E-state index in [0.717, 1.165) is 12.8 Å². The van der Waals surface area contributed by atoms with Crippen molar-refractivity contribution in [3.8, 4) is 0 Å². The van der Waals surface area contributed by atoms with Gasteiger partial charge in [-0.3, -0.25) is 4.79 Å². The second-order valence-electron chi connectivity index (χ2n) is 5.05. The lowest BCUT2D eigenvalue weighted by molar-refractivity contribution is 0.245. The van der Waals surface area contributed by atoms with Crippen LogP contribution in [-0.4, -0.2) is 36.6 Å². The van der Waals surface area contributed by atoms with E-state index < -0.39 is 10.0 Å². The standard InChI is InChI=1S/C12H19N3O3S/c1-19(17,18)15-7-2-4-10(9-15)8-14-6-3-5-11(13)12(14)16/h3,5-6,10H,2,4,7-9,13H2,1H3. The zero-order valence-electron chi connectivity index (χ0n) is 10.9. The second-order valence-corrected chi connectivity index (χ2v) is 7.03. The first-order valence-corrected chi connectivity index (χ1v) is 8.13. The maximum Gasteiger partial charge on any atom is 0.273 e. The molecule has 2 N–H and O–H groups in total. The molecule has 0 amide bonds. The highest BCUT2D eigenvalue weighted by Gasteiger charge is 2.26. The third-order valence-electron chi connectivity index (χ3n) is 3.46. The molecule has 1 aromatic heterocycles. The average Bonchev–Trinajstić information content (AvgIpc) is 2.34. The molecular weight excluding hydrogens is 266 g/mol. The summed E-state index contributed by atoms with van der Waals surface area (Å²) in [7, 11) is -3.15. The number of sulfonamides is 1. The van der Waals surface area contributed by atoms with Gasteiger partial charge in [-0.1, -0.05) is 0 Å². The number of anilines is 1. The van der Waals surface area contributed by atoms with Crippen LogP contribution in [0.4, 0.5) is 5.69 Å². The van der Waals surface area contributed by atoms with E-state index in [-0.39, 0.29) is 17.2 Å². The number of pyridine rings is 1. The van der Waals surface area contributed by atoms with E-state index in [1.54, 1.807) is 22.9 Å². The van der Waals surface area contributed by atoms with Crippen LogP contribution < -0.4 is 11.3 Å². The summed E-state index contributed by atoms with van der Waals surface area (Å²) in [6, 6.07) is 3.30. The fourth-order valence-electron chi connectivity index (χ4n) is 2.45. The molecule has 7 heteroatoms. The molecule has 1 unspecified atom stereocenters. The number of hydrogen-bond acceptors (Lipinski definition) is 4. The molecule has 1 atom stereocenters. The fraction of sp³-hybridized carbons (Fsp3) is 0.583. The van der Waals surface area contributed by atoms with Crippen molar-refractivity contribution in [1.29, 1.82) is 0 Å². The minimum Gasteiger partial charge on any atom is -0.394 e. The predicted molar refractivity (Wildman–Crippen MR) is 74.3 cm³/mol. The lowest BCUT2D eigenvalue weighted by Crippen LogP contribution is -2.41. The second kappa shape index (κ2) is 5.34. The summed E-state index contributed by atoms with van der Waals surface area (Å²) in [5, 5.41) is 0. The van der Waals surface area contributed by atoms with E-state index in [9.17, 15) is 13.2 Å². The van der Waals surface area contributed by atoms with E-state index in [4.69, 9.17) is 5.73 Å². The highest BCUT2D eigenvalue weighted by Crippen LogP contribution is 2.19. The number of nitrogen functional groups attached to an aromatic ring is 1. The molecule has 0 radical (unpaired) electrons. The highest BCUT2D eigenvalue weighted by atomic mass is 32.2. The third kappa shape index (κ3) is 3.36. The Morgan fingerprint density at radius 1 is 1.47 bits per heavy atom. The Labute approximate surface area is 112 Å². The van der Waals surface area contributed by atoms with Crippen molar-refractivity contribution in [3.63, 3.8) is 0 Å². The fourth-order valence-corrected chi connectivity index (χ4v) is 3.40. The first kappa shape index (κ1) is 14.1. The van der Waals surface area contributed by atoms with Gasteiger partial charge in [0.25, 0.3) is 5.56 Å². The first-order chi connectivity index (χ1) is 8.88. The highest BCUT2D eigenvalue weighted by molar-refractivity contribution is 7.88. The maximum absolute atomic E-state index is 11.8. The summed E-state index contributed by atoms with van der Waals surface area (Å²) in [5.74, 6) is 0.156. The Bertz CT molecular complexity index is 609. The molecule has 1 saturated heterocycles. The van der Waals surface area contributed by atoms with Crippen LogP contribution in [0.15, 0.2) is 23.1 Å². The number of piperidine rings is 1. The van der Waals surface area contributed by atoms with Gasteiger partial charge in [-0.15, -0.1) is 0 Å². The largest absolute Gasteiger partial charge is 0.394 e. The summed E-state index contributed by atoms with van der Waals surface area (Å²) in [5.41, 5.74) is 5.59. The number of rotatable bonds is 3. The topological polar surface area (TPSA) is 85.4 Å². The molecule has 1 fully saturated rings. The average molecular weight is 285 g/mol. The van der Waals surface area contributed by atoms with Gasteiger partial charge in [-0.05, 0) is 30.9 Å². The third-order valence-corrected chi connectivity index (χ3v) is 4.72. The molecule has 0 saturated carbocycles. The quantitative estimate of drug-likeness (QED) is 0.853. The summed E-state index contributed by atoms with van der Waals surface area (Å²) < 4.78 is 26.1. The van der Waals surface area contributed by atoms with Gasteiger partial charge in [0.05, 0.1) is 11.9 Å². The molecule has 0 bridgehead atoms. The molecule has 2 heterocycles. The van der Waals surface area contributed by atoms with Gasteiger partial charge in [0.15, 0.2) is 0 Å². The van der Waals surface area contributed by atoms with Gasteiger partial charge in [-0.25, -0.2) is 12.7 Å². The van der Waals surface area contributed by atoms with Crippen LogP contribution in [-0.2, 0) is 16.6 Å². The Morgan fingerprint density at radius 2 is 2.21 bits per heavy atom. The van der Waals surface area contributed by atoms with E-state index >= 15 is 0 Å². The molecule has 1 aliphatic heterocycles. The summed E-state index contributed by atoms with van der Waals surface area (Å²) >= 11 is 0. The van der Waals surface area contributed by atoms with Crippen molar-refractivity contribution in [2.75, 3.05) is 25.1 Å². The molecule has 0 spiro atoms. The zero-order valence-corrected chi connectivity index (χ0v) is 11.8. The van der Waals surface area contributed by atoms with Crippen molar-refractivity contribution in [1.82, 2.24) is 8.87 Å². The summed E-state index contributed by atoms with van der Waals surface area (Å²) in [6.07, 6.45) is 4.67. The lowest BCUT2D eigenvalue weighted by Gasteiger charge is -2.31. The number of nitrogens with two attached hydrogens (primary N) is 1. The molecule has 6 nitrogen and oxygen atoms in total. The van der Waals surface area contributed by atoms with Crippen LogP contribution in [0.3, 0.4) is 0 Å². The van der Waals surface area contributed by atoms with Crippen molar-refractivity contribution >= 4 is 15.7 Å². The SMILES string of the molecule is CS(=O)(=O)N1CCCC(Cn2cccc(N)c2=O)C1. The van der Waals surface area contributed by atoms with Gasteiger partial charge >= 0.3 is 0 Å². The molecule has 106 valence electrons. The van der Waals surface area contributed by atoms with E-state index in [0.29, 0.717) is 19.6 Å². The van der Waals surface area contributed by atoms with Crippen LogP contribution in [0.5, 0.6) is 0 Å². The van der Waals surface area contributed by atoms with Gasteiger partial charge in [-0.2, -0.15) is 0 Å². The summed E-state index contributed by atoms with van der Waals surface area (Å²) in [6.45, 7) is 1.55. The van der Waals surface area contributed by atoms with Crippen molar-refractivity contribution in [3.05, 3.63) is 28.7 Å². The van der Waals surface area contributed by atoms with Crippen LogP contribution >= 0.6 is 0 Å². The minimum atomic E-state index is -3.15. The van der Waals surface area contributed by atoms with Gasteiger partial charge in [0, 0.05) is 25.8 Å². The van der Waals surface area contributed by atoms with E-state index in [2.05, 4.69) is 0 Å². The smallest absolute Gasteiger partial charge is 0.273 e. The molecule has 0 aliphatic carbocycles. The number of aromatic nitrogens is 1. The lowest BCUT2D eigenvalue weighted by atomic mass is 9.99. The van der Waals surface area contributed by atoms with E-state index in [1.807, 2.05) is 0 Å². The van der Waals surface area contributed by atoms with Crippen molar-refractivity contribution < 1.29 is 8.42 Å². The minimum absolute atomic E-state index is 0.156. The molecule has 1 aliphatic rings. The Hall–Kier alpha value is -1.34. The van der Waals surface area contributed by atoms with Crippen molar-refractivity contribution in [2.24, 2.45) is 5.92 Å². The number of hydrogen-bond donors (Lipinski definition) is 1. The maximum atomic E-state index is 11.8. The monoisotopic (exact) mass is 285 g/mol. The normalized spacial score (nSPS) is 21.4. The predicted octanol–water partition coefficient (Wildman–Crippen LogP) is 0.102. The van der Waals surface area contributed by atoms with E-state index in [1.165, 1.54) is 10.6 Å². The van der Waals surface area contributed by atoms with Crippen LogP contribution in [0.2, 0.25) is 0 Å². The molecule has 19 heavy (non-hydrogen) atoms. The molecule has 0 aromatic carbocycles. The molecule has 1 aromatic rings. The van der Waals surface area contributed by atoms with Crippen LogP contribution in [0.1, 0.15) is 12.8 Å². The van der Waals surface area contributed by atoms with Gasteiger partial charge in [0.2, 0.25) is 10.0 Å². The molecular formula is C12H19N3O3S. The van der Waals surface area contributed by atoms with Crippen LogP contribution in [0.25, 0.3) is 0 Å². The Kier molecular flexibility index (Phi) is 3.96. The van der Waals surface area contributed by atoms with Gasteiger partial charge in [0.1, 0.15) is 0 Å². The van der Waals surface area contributed by atoms with Crippen molar-refractivity contribution in [2.45, 2.75) is 19.4 Å². The first-order valence-electron chi connectivity index (χ1n) is 6.28. The molecule has 2 rings (SSSR count). The number of nitrogens with zero attached hydrogens (tertiary/aromatic N) is 2. The Morgan fingerprint density at radius 3 is 2.89 bits per heavy atom. The Balaban J connectivity index is 2.11. The zero-order chi connectivity index (χ0) is 14.0. The summed E-state index contributed by atoms with van der Waals surface area (Å²) in [4.78, 5) is 11.8. The van der Waals surface area contributed by atoms with Crippen LogP contribution in [0, 0.1) is 5.92 Å².